The molecule has 1 aliphatic carbocycles. The number of imidazole rings is 1. The fourth-order valence-corrected chi connectivity index (χ4v) is 6.37. The number of anilines is 1. The highest BCUT2D eigenvalue weighted by Crippen LogP contribution is 2.32. The number of halogens is 4. The number of piperazine rings is 1. The van der Waals surface area contributed by atoms with Gasteiger partial charge in [0.25, 0.3) is 5.91 Å². The molecule has 1 saturated carbocycles. The van der Waals surface area contributed by atoms with Crippen LogP contribution in [0.1, 0.15) is 41.7 Å². The summed E-state index contributed by atoms with van der Waals surface area (Å²) >= 11 is 5.84. The van der Waals surface area contributed by atoms with Crippen LogP contribution in [0.15, 0.2) is 59.7 Å². The van der Waals surface area contributed by atoms with E-state index in [1.165, 1.54) is 0 Å². The maximum absolute atomic E-state index is 13.8. The Morgan fingerprint density at radius 1 is 0.977 bits per heavy atom. The number of carbonyl (C=O) groups is 1. The third-order valence-electron chi connectivity index (χ3n) is 8.64. The molecule has 232 valence electrons. The molecular formula is C31H33ClF3N7O2. The van der Waals surface area contributed by atoms with E-state index in [0.29, 0.717) is 37.9 Å². The first-order valence-electron chi connectivity index (χ1n) is 14.7. The Kier molecular flexibility index (Phi) is 8.38. The minimum atomic E-state index is -4.77. The number of fused-ring (bicyclic) bond motifs is 1. The van der Waals surface area contributed by atoms with Gasteiger partial charge in [0.1, 0.15) is 5.82 Å². The summed E-state index contributed by atoms with van der Waals surface area (Å²) in [5, 5.41) is 2.69. The van der Waals surface area contributed by atoms with Gasteiger partial charge in [0.2, 0.25) is 0 Å². The van der Waals surface area contributed by atoms with Crippen LogP contribution in [0.3, 0.4) is 0 Å². The predicted octanol–water partition coefficient (Wildman–Crippen LogP) is 5.00. The summed E-state index contributed by atoms with van der Waals surface area (Å²) in [4.78, 5) is 39.2. The van der Waals surface area contributed by atoms with Crippen molar-refractivity contribution in [2.24, 2.45) is 5.92 Å². The van der Waals surface area contributed by atoms with Crippen molar-refractivity contribution in [3.63, 3.8) is 0 Å². The van der Waals surface area contributed by atoms with E-state index in [4.69, 9.17) is 11.6 Å². The molecule has 2 fully saturated rings. The molecule has 9 nitrogen and oxygen atoms in total. The monoisotopic (exact) mass is 627 g/mol. The first kappa shape index (κ1) is 30.1. The van der Waals surface area contributed by atoms with Crippen molar-refractivity contribution in [2.45, 2.75) is 44.4 Å². The molecule has 6 rings (SSSR count). The van der Waals surface area contributed by atoms with Gasteiger partial charge in [-0.05, 0) is 69.0 Å². The maximum atomic E-state index is 13.8. The Hall–Kier alpha value is -3.90. The van der Waals surface area contributed by atoms with Gasteiger partial charge >= 0.3 is 11.9 Å². The van der Waals surface area contributed by atoms with Gasteiger partial charge in [0.15, 0.2) is 5.69 Å². The molecule has 2 aliphatic rings. The number of carbonyl (C=O) groups excluding carboxylic acids is 1. The van der Waals surface area contributed by atoms with Gasteiger partial charge < -0.3 is 15.1 Å². The third-order valence-corrected chi connectivity index (χ3v) is 8.85. The highest BCUT2D eigenvalue weighted by Gasteiger charge is 2.38. The van der Waals surface area contributed by atoms with Crippen LogP contribution in [0, 0.1) is 5.92 Å². The van der Waals surface area contributed by atoms with E-state index >= 15 is 0 Å². The van der Waals surface area contributed by atoms with Crippen molar-refractivity contribution in [1.29, 1.82) is 0 Å². The van der Waals surface area contributed by atoms with Crippen molar-refractivity contribution in [3.05, 3.63) is 81.6 Å². The molecule has 4 heterocycles. The van der Waals surface area contributed by atoms with E-state index in [9.17, 15) is 22.8 Å². The van der Waals surface area contributed by atoms with Crippen LogP contribution in [0.2, 0.25) is 5.02 Å². The van der Waals surface area contributed by atoms with Crippen LogP contribution < -0.4 is 15.9 Å². The van der Waals surface area contributed by atoms with Crippen LogP contribution in [-0.2, 0) is 12.7 Å². The topological polar surface area (TPSA) is 88.3 Å². The van der Waals surface area contributed by atoms with E-state index in [0.717, 1.165) is 55.3 Å². The molecule has 13 heteroatoms. The van der Waals surface area contributed by atoms with Crippen LogP contribution in [0.5, 0.6) is 0 Å². The number of hydrogen-bond acceptors (Lipinski definition) is 6. The van der Waals surface area contributed by atoms with Crippen LogP contribution in [-0.4, -0.2) is 69.2 Å². The highest BCUT2D eigenvalue weighted by molar-refractivity contribution is 6.30. The Morgan fingerprint density at radius 2 is 1.68 bits per heavy atom. The minimum Gasteiger partial charge on any atom is -0.354 e. The quantitative estimate of drug-likeness (QED) is 0.324. The highest BCUT2D eigenvalue weighted by atomic mass is 35.5. The first-order chi connectivity index (χ1) is 21.1. The second-order valence-corrected chi connectivity index (χ2v) is 12.1. The lowest BCUT2D eigenvalue weighted by atomic mass is 9.85. The van der Waals surface area contributed by atoms with Crippen molar-refractivity contribution < 1.29 is 18.0 Å². The van der Waals surface area contributed by atoms with Crippen LogP contribution in [0.4, 0.5) is 19.0 Å². The minimum absolute atomic E-state index is 0.0433. The largest absolute Gasteiger partial charge is 0.434 e. The van der Waals surface area contributed by atoms with Crippen molar-refractivity contribution in [1.82, 2.24) is 29.3 Å². The van der Waals surface area contributed by atoms with Gasteiger partial charge in [0, 0.05) is 45.0 Å². The predicted molar refractivity (Wildman–Crippen MR) is 163 cm³/mol. The molecule has 1 aromatic carbocycles. The molecular weight excluding hydrogens is 595 g/mol. The molecule has 1 aliphatic heterocycles. The Bertz CT molecular complexity index is 1700. The van der Waals surface area contributed by atoms with E-state index in [1.54, 1.807) is 15.3 Å². The van der Waals surface area contributed by atoms with Crippen molar-refractivity contribution in [3.8, 4) is 5.69 Å². The standard InChI is InChI=1S/C31H33ClF3N7O2/c1-39-12-14-40(15-13-39)27-11-10-23(18-36-27)42-26-5-3-2-4-25(26)41(30(42)44)19-20-6-8-22(9-7-20)38-29(43)24-16-21(32)17-37-28(24)31(33,34)35/h2-5,10-11,16-18,20,22H,6-9,12-15,19H2,1H3,(H,38,43)/t20-,22-. The Balaban J connectivity index is 1.15. The average Bonchev–Trinajstić information content (AvgIpc) is 3.28. The summed E-state index contributed by atoms with van der Waals surface area (Å²) in [6, 6.07) is 12.3. The summed E-state index contributed by atoms with van der Waals surface area (Å²) in [5.74, 6) is 0.211. The number of benzene rings is 1. The second-order valence-electron chi connectivity index (χ2n) is 11.6. The Morgan fingerprint density at radius 3 is 2.34 bits per heavy atom. The number of amides is 1. The molecule has 0 radical (unpaired) electrons. The fraction of sp³-hybridized carbons (Fsp3) is 0.419. The molecule has 1 saturated heterocycles. The smallest absolute Gasteiger partial charge is 0.354 e. The molecule has 44 heavy (non-hydrogen) atoms. The number of nitrogens with one attached hydrogen (secondary N) is 1. The van der Waals surface area contributed by atoms with Crippen LogP contribution in [0.25, 0.3) is 16.7 Å². The summed E-state index contributed by atoms with van der Waals surface area (Å²) in [7, 11) is 2.11. The Labute approximate surface area is 257 Å². The molecule has 0 spiro atoms. The molecule has 0 unspecified atom stereocenters. The first-order valence-corrected chi connectivity index (χ1v) is 15.1. The summed E-state index contributed by atoms with van der Waals surface area (Å²) in [5.41, 5.74) is 0.324. The number of pyridine rings is 2. The summed E-state index contributed by atoms with van der Waals surface area (Å²) < 4.78 is 43.7. The number of nitrogens with zero attached hydrogens (tertiary/aromatic N) is 6. The molecule has 1 amide bonds. The molecule has 0 atom stereocenters. The average molecular weight is 628 g/mol. The van der Waals surface area contributed by atoms with Crippen molar-refractivity contribution in [2.75, 3.05) is 38.1 Å². The number of aromatic nitrogens is 4. The SMILES string of the molecule is CN1CCN(c2ccc(-n3c(=O)n(C[C@H]4CC[C@H](NC(=O)c5cc(Cl)cnc5C(F)(F)F)CC4)c4ccccc43)cn2)CC1. The third kappa shape index (κ3) is 6.18. The number of likely N-dealkylation sites (N-methyl/N-ethyl adjacent to an activating group) is 1. The lowest BCUT2D eigenvalue weighted by Gasteiger charge is -2.33. The van der Waals surface area contributed by atoms with Gasteiger partial charge in [-0.2, -0.15) is 13.2 Å². The van der Waals surface area contributed by atoms with E-state index < -0.39 is 23.3 Å². The van der Waals surface area contributed by atoms with Gasteiger partial charge in [-0.1, -0.05) is 23.7 Å². The summed E-state index contributed by atoms with van der Waals surface area (Å²) in [6.45, 7) is 4.25. The second kappa shape index (κ2) is 12.2. The zero-order valence-electron chi connectivity index (χ0n) is 24.2. The molecule has 3 aromatic heterocycles. The lowest BCUT2D eigenvalue weighted by molar-refractivity contribution is -0.141. The maximum Gasteiger partial charge on any atom is 0.434 e. The number of hydrogen-bond donors (Lipinski definition) is 1. The van der Waals surface area contributed by atoms with E-state index in [2.05, 4.69) is 32.1 Å². The molecule has 0 bridgehead atoms. The molecule has 1 N–H and O–H groups in total. The van der Waals surface area contributed by atoms with Gasteiger partial charge in [-0.15, -0.1) is 0 Å². The van der Waals surface area contributed by atoms with Crippen LogP contribution >= 0.6 is 11.6 Å². The lowest BCUT2D eigenvalue weighted by Crippen LogP contribution is -2.44. The van der Waals surface area contributed by atoms with Gasteiger partial charge in [-0.3, -0.25) is 13.9 Å². The van der Waals surface area contributed by atoms with E-state index in [1.807, 2.05) is 36.4 Å². The number of rotatable bonds is 6. The number of alkyl halides is 3. The molecule has 4 aromatic rings. The zero-order valence-corrected chi connectivity index (χ0v) is 25.0. The van der Waals surface area contributed by atoms with E-state index in [-0.39, 0.29) is 22.7 Å². The number of para-hydroxylation sites is 2. The fourth-order valence-electron chi connectivity index (χ4n) is 6.22. The van der Waals surface area contributed by atoms with Gasteiger partial charge in [0.05, 0.1) is 33.5 Å². The van der Waals surface area contributed by atoms with Gasteiger partial charge in [-0.25, -0.2) is 14.8 Å². The zero-order chi connectivity index (χ0) is 31.0. The summed E-state index contributed by atoms with van der Waals surface area (Å²) in [6.07, 6.45) is 0.429. The normalized spacial score (nSPS) is 19.8. The van der Waals surface area contributed by atoms with Crippen molar-refractivity contribution >= 4 is 34.4 Å².